The van der Waals surface area contributed by atoms with Crippen LogP contribution in [0.15, 0.2) is 53.4 Å². The molecule has 27 heavy (non-hydrogen) atoms. The number of benzene rings is 2. The predicted molar refractivity (Wildman–Crippen MR) is 107 cm³/mol. The number of primary sulfonamides is 1. The predicted octanol–water partition coefficient (Wildman–Crippen LogP) is 3.47. The van der Waals surface area contributed by atoms with Gasteiger partial charge in [-0.2, -0.15) is 0 Å². The minimum atomic E-state index is -3.83. The van der Waals surface area contributed by atoms with E-state index in [9.17, 15) is 13.2 Å². The van der Waals surface area contributed by atoms with Crippen molar-refractivity contribution in [1.82, 2.24) is 0 Å². The van der Waals surface area contributed by atoms with E-state index in [0.717, 1.165) is 12.8 Å². The van der Waals surface area contributed by atoms with E-state index in [1.54, 1.807) is 47.4 Å². The number of carbonyl (C=O) groups excluding carboxylic acids is 1. The van der Waals surface area contributed by atoms with Gasteiger partial charge >= 0.3 is 6.03 Å². The van der Waals surface area contributed by atoms with Gasteiger partial charge in [-0.1, -0.05) is 49.6 Å². The Kier molecular flexibility index (Phi) is 5.82. The number of urea groups is 1. The first-order valence-corrected chi connectivity index (χ1v) is 10.7. The maximum Gasteiger partial charge on any atom is 0.319 e. The van der Waals surface area contributed by atoms with Gasteiger partial charge < -0.3 is 5.73 Å². The lowest BCUT2D eigenvalue weighted by Crippen LogP contribution is -2.39. The highest BCUT2D eigenvalue weighted by molar-refractivity contribution is 7.89. The molecule has 1 aliphatic carbocycles. The van der Waals surface area contributed by atoms with E-state index in [1.165, 1.54) is 25.3 Å². The molecule has 0 atom stereocenters. The number of hydrogen-bond acceptors (Lipinski definition) is 3. The molecule has 7 heteroatoms. The molecule has 0 aromatic heterocycles. The molecule has 0 spiro atoms. The van der Waals surface area contributed by atoms with Gasteiger partial charge in [0.25, 0.3) is 0 Å². The van der Waals surface area contributed by atoms with Gasteiger partial charge in [0.2, 0.25) is 10.0 Å². The fraction of sp³-hybridized carbons (Fsp3) is 0.350. The zero-order valence-corrected chi connectivity index (χ0v) is 16.0. The average molecular weight is 388 g/mol. The monoisotopic (exact) mass is 387 g/mol. The third kappa shape index (κ3) is 4.67. The molecule has 2 aromatic rings. The summed E-state index contributed by atoms with van der Waals surface area (Å²) in [4.78, 5) is 13.6. The molecule has 4 N–H and O–H groups in total. The van der Waals surface area contributed by atoms with E-state index < -0.39 is 16.1 Å². The first kappa shape index (κ1) is 19.4. The number of rotatable bonds is 5. The summed E-state index contributed by atoms with van der Waals surface area (Å²) in [6.45, 7) is 0.614. The minimum absolute atomic E-state index is 0.0757. The molecule has 0 saturated heterocycles. The van der Waals surface area contributed by atoms with E-state index in [1.807, 2.05) is 0 Å². The highest BCUT2D eigenvalue weighted by Gasteiger charge is 2.21. The van der Waals surface area contributed by atoms with Crippen LogP contribution in [0.1, 0.15) is 32.1 Å². The molecule has 144 valence electrons. The Labute approximate surface area is 160 Å². The van der Waals surface area contributed by atoms with Crippen LogP contribution in [0.25, 0.3) is 11.1 Å². The normalized spacial score (nSPS) is 15.4. The highest BCUT2D eigenvalue weighted by Crippen LogP contribution is 2.30. The second-order valence-electron chi connectivity index (χ2n) is 7.04. The van der Waals surface area contributed by atoms with E-state index in [4.69, 9.17) is 10.9 Å². The number of hydrogen-bond donors (Lipinski definition) is 2. The van der Waals surface area contributed by atoms with E-state index in [-0.39, 0.29) is 4.90 Å². The van der Waals surface area contributed by atoms with E-state index in [0.29, 0.717) is 29.3 Å². The van der Waals surface area contributed by atoms with Crippen molar-refractivity contribution in [2.45, 2.75) is 37.0 Å². The number of primary amides is 1. The molecule has 0 bridgehead atoms. The zero-order valence-electron chi connectivity index (χ0n) is 15.2. The largest absolute Gasteiger partial charge is 0.351 e. The molecule has 1 saturated carbocycles. The number of nitrogens with two attached hydrogens (primary N) is 2. The molecule has 1 aliphatic rings. The summed E-state index contributed by atoms with van der Waals surface area (Å²) < 4.78 is 23.6. The topological polar surface area (TPSA) is 106 Å². The molecular formula is C20H25N3O3S. The van der Waals surface area contributed by atoms with Crippen molar-refractivity contribution in [2.75, 3.05) is 11.4 Å². The Hall–Kier alpha value is -2.38. The molecular weight excluding hydrogens is 362 g/mol. The van der Waals surface area contributed by atoms with Crippen LogP contribution < -0.4 is 15.8 Å². The van der Waals surface area contributed by atoms with Crippen LogP contribution in [0.2, 0.25) is 0 Å². The van der Waals surface area contributed by atoms with Crippen LogP contribution in [-0.4, -0.2) is 21.0 Å². The van der Waals surface area contributed by atoms with Crippen LogP contribution in [0.3, 0.4) is 0 Å². The lowest BCUT2D eigenvalue weighted by Gasteiger charge is -2.28. The molecule has 1 fully saturated rings. The van der Waals surface area contributed by atoms with Crippen molar-refractivity contribution in [3.05, 3.63) is 48.5 Å². The highest BCUT2D eigenvalue weighted by atomic mass is 32.2. The maximum absolute atomic E-state index is 12.0. The molecule has 2 amide bonds. The van der Waals surface area contributed by atoms with Gasteiger partial charge in [-0.05, 0) is 42.5 Å². The van der Waals surface area contributed by atoms with Crippen molar-refractivity contribution >= 4 is 21.7 Å². The molecule has 0 radical (unpaired) electrons. The van der Waals surface area contributed by atoms with Gasteiger partial charge in [0, 0.05) is 17.8 Å². The standard InChI is InChI=1S/C20H25N3O3S/c21-20(24)23(14-15-6-2-1-3-7-15)17-12-10-16(11-13-17)18-8-4-5-9-19(18)27(22,25)26/h4-5,8-13,15H,1-3,6-7,14H2,(H2,21,24)(H2,22,25,26). The van der Waals surface area contributed by atoms with Gasteiger partial charge in [-0.15, -0.1) is 0 Å². The molecule has 0 heterocycles. The quantitative estimate of drug-likeness (QED) is 0.820. The van der Waals surface area contributed by atoms with Crippen LogP contribution >= 0.6 is 0 Å². The summed E-state index contributed by atoms with van der Waals surface area (Å²) in [5.41, 5.74) is 7.57. The molecule has 2 aromatic carbocycles. The van der Waals surface area contributed by atoms with Crippen molar-refractivity contribution in [2.24, 2.45) is 16.8 Å². The first-order valence-electron chi connectivity index (χ1n) is 9.15. The summed E-state index contributed by atoms with van der Waals surface area (Å²) >= 11 is 0. The van der Waals surface area contributed by atoms with Gasteiger partial charge in [0.1, 0.15) is 0 Å². The number of sulfonamides is 1. The lowest BCUT2D eigenvalue weighted by molar-refractivity contribution is 0.251. The SMILES string of the molecule is NC(=O)N(CC1CCCCC1)c1ccc(-c2ccccc2S(N)(=O)=O)cc1. The molecule has 3 rings (SSSR count). The molecule has 0 unspecified atom stereocenters. The van der Waals surface area contributed by atoms with Gasteiger partial charge in [-0.25, -0.2) is 18.4 Å². The second kappa shape index (κ2) is 8.10. The summed E-state index contributed by atoms with van der Waals surface area (Å²) in [5, 5.41) is 5.32. The Morgan fingerprint density at radius 1 is 1.00 bits per heavy atom. The molecule has 0 aliphatic heterocycles. The molecule has 6 nitrogen and oxygen atoms in total. The van der Waals surface area contributed by atoms with Crippen molar-refractivity contribution in [1.29, 1.82) is 0 Å². The summed E-state index contributed by atoms with van der Waals surface area (Å²) in [6.07, 6.45) is 5.87. The summed E-state index contributed by atoms with van der Waals surface area (Å²) in [5.74, 6) is 0.467. The second-order valence-corrected chi connectivity index (χ2v) is 8.57. The van der Waals surface area contributed by atoms with Crippen molar-refractivity contribution in [3.63, 3.8) is 0 Å². The van der Waals surface area contributed by atoms with E-state index in [2.05, 4.69) is 0 Å². The number of amides is 2. The Morgan fingerprint density at radius 3 is 2.22 bits per heavy atom. The average Bonchev–Trinajstić information content (AvgIpc) is 2.66. The Bertz CT molecular complexity index is 904. The Balaban J connectivity index is 1.87. The van der Waals surface area contributed by atoms with Gasteiger partial charge in [-0.3, -0.25) is 4.90 Å². The van der Waals surface area contributed by atoms with Gasteiger partial charge in [0.05, 0.1) is 4.90 Å². The smallest absolute Gasteiger partial charge is 0.319 e. The van der Waals surface area contributed by atoms with Crippen LogP contribution in [-0.2, 0) is 10.0 Å². The number of nitrogens with zero attached hydrogens (tertiary/aromatic N) is 1. The number of carbonyl (C=O) groups is 1. The minimum Gasteiger partial charge on any atom is -0.351 e. The Morgan fingerprint density at radius 2 is 1.63 bits per heavy atom. The van der Waals surface area contributed by atoms with Crippen LogP contribution in [0.4, 0.5) is 10.5 Å². The fourth-order valence-corrected chi connectivity index (χ4v) is 4.49. The van der Waals surface area contributed by atoms with Gasteiger partial charge in [0.15, 0.2) is 0 Å². The zero-order chi connectivity index (χ0) is 19.4. The third-order valence-electron chi connectivity index (χ3n) is 5.12. The first-order chi connectivity index (χ1) is 12.9. The fourth-order valence-electron chi connectivity index (χ4n) is 3.72. The van der Waals surface area contributed by atoms with E-state index >= 15 is 0 Å². The lowest BCUT2D eigenvalue weighted by atomic mass is 9.89. The number of anilines is 1. The maximum atomic E-state index is 12.0. The third-order valence-corrected chi connectivity index (χ3v) is 6.08. The van der Waals surface area contributed by atoms with Crippen LogP contribution in [0, 0.1) is 5.92 Å². The van der Waals surface area contributed by atoms with Crippen LogP contribution in [0.5, 0.6) is 0 Å². The summed E-state index contributed by atoms with van der Waals surface area (Å²) in [7, 11) is -3.83. The van der Waals surface area contributed by atoms with Crippen molar-refractivity contribution in [3.8, 4) is 11.1 Å². The summed E-state index contributed by atoms with van der Waals surface area (Å²) in [6, 6.07) is 13.3. The van der Waals surface area contributed by atoms with Crippen molar-refractivity contribution < 1.29 is 13.2 Å².